The lowest BCUT2D eigenvalue weighted by Crippen LogP contribution is -2.55. The summed E-state index contributed by atoms with van der Waals surface area (Å²) in [6.45, 7) is 9.42. The molecule has 0 bridgehead atoms. The van der Waals surface area contributed by atoms with Gasteiger partial charge in [-0.2, -0.15) is 0 Å². The normalized spacial score (nSPS) is 45.3. The molecule has 3 N–H and O–H groups in total. The van der Waals surface area contributed by atoms with Crippen LogP contribution in [0.15, 0.2) is 0 Å². The molecular weight excluding hydrogens is 384 g/mol. The quantitative estimate of drug-likeness (QED) is 0.546. The van der Waals surface area contributed by atoms with Gasteiger partial charge >= 0.3 is 5.97 Å². The van der Waals surface area contributed by atoms with Gasteiger partial charge in [0.05, 0.1) is 7.11 Å². The van der Waals surface area contributed by atoms with Gasteiger partial charge in [-0.15, -0.1) is 0 Å². The number of methoxy groups -OCH3 is 1. The summed E-state index contributed by atoms with van der Waals surface area (Å²) in [5.74, 6) is 5.04. The molecule has 4 saturated carbocycles. The molecule has 6 unspecified atom stereocenters. The lowest BCUT2D eigenvalue weighted by molar-refractivity contribution is -0.141. The first-order valence-electron chi connectivity index (χ1n) is 13.3. The zero-order chi connectivity index (χ0) is 22.2. The number of nitrogens with one attached hydrogen (secondary N) is 1. The van der Waals surface area contributed by atoms with E-state index in [9.17, 15) is 4.79 Å². The van der Waals surface area contributed by atoms with Crippen molar-refractivity contribution >= 4 is 5.97 Å². The fourth-order valence-corrected chi connectivity index (χ4v) is 9.35. The van der Waals surface area contributed by atoms with Gasteiger partial charge in [0, 0.05) is 25.6 Å². The third-order valence-electron chi connectivity index (χ3n) is 11.0. The zero-order valence-corrected chi connectivity index (χ0v) is 20.6. The van der Waals surface area contributed by atoms with Crippen molar-refractivity contribution in [1.29, 1.82) is 0 Å². The Balaban J connectivity index is 1.43. The van der Waals surface area contributed by atoms with Crippen molar-refractivity contribution in [2.24, 2.45) is 52.1 Å². The van der Waals surface area contributed by atoms with E-state index in [1.165, 1.54) is 64.9 Å². The van der Waals surface area contributed by atoms with E-state index in [2.05, 4.69) is 26.1 Å². The maximum Gasteiger partial charge on any atom is 0.305 e. The van der Waals surface area contributed by atoms with Crippen LogP contribution >= 0.6 is 0 Å². The summed E-state index contributed by atoms with van der Waals surface area (Å²) in [7, 11) is 1.51. The first kappa shape index (κ1) is 23.5. The second-order valence-corrected chi connectivity index (χ2v) is 12.2. The van der Waals surface area contributed by atoms with Gasteiger partial charge in [0.15, 0.2) is 0 Å². The molecule has 0 aromatic carbocycles. The summed E-state index contributed by atoms with van der Waals surface area (Å²) in [5, 5.41) is 3.72. The molecule has 4 fully saturated rings. The number of nitrogens with two attached hydrogens (primary N) is 1. The van der Waals surface area contributed by atoms with E-state index in [1.807, 2.05) is 0 Å². The topological polar surface area (TPSA) is 64.3 Å². The van der Waals surface area contributed by atoms with E-state index in [-0.39, 0.29) is 5.97 Å². The minimum atomic E-state index is -0.0435. The highest BCUT2D eigenvalue weighted by molar-refractivity contribution is 5.69. The van der Waals surface area contributed by atoms with E-state index < -0.39 is 0 Å². The molecule has 9 atom stereocenters. The van der Waals surface area contributed by atoms with Gasteiger partial charge in [0.1, 0.15) is 0 Å². The number of fused-ring (bicyclic) bond motifs is 5. The fraction of sp³-hybridized carbons (Fsp3) is 0.963. The highest BCUT2D eigenvalue weighted by Crippen LogP contribution is 2.68. The number of carbonyl (C=O) groups is 1. The van der Waals surface area contributed by atoms with E-state index >= 15 is 0 Å². The zero-order valence-electron chi connectivity index (χ0n) is 20.6. The Morgan fingerprint density at radius 3 is 2.55 bits per heavy atom. The summed E-state index contributed by atoms with van der Waals surface area (Å²) in [5.41, 5.74) is 6.78. The van der Waals surface area contributed by atoms with Gasteiger partial charge in [-0.1, -0.05) is 20.8 Å². The van der Waals surface area contributed by atoms with Gasteiger partial charge in [-0.25, -0.2) is 0 Å². The fourth-order valence-electron chi connectivity index (χ4n) is 9.35. The first-order chi connectivity index (χ1) is 14.8. The summed E-state index contributed by atoms with van der Waals surface area (Å²) < 4.78 is 4.91. The molecule has 4 rings (SSSR count). The Morgan fingerprint density at radius 1 is 1.06 bits per heavy atom. The Labute approximate surface area is 190 Å². The molecule has 4 heteroatoms. The van der Waals surface area contributed by atoms with Crippen molar-refractivity contribution < 1.29 is 9.53 Å². The molecule has 4 aliphatic rings. The molecule has 0 radical (unpaired) electrons. The summed E-state index contributed by atoms with van der Waals surface area (Å²) in [6.07, 6.45) is 14.2. The number of carbonyl (C=O) groups excluding carboxylic acids is 1. The third kappa shape index (κ3) is 4.21. The van der Waals surface area contributed by atoms with Gasteiger partial charge < -0.3 is 15.8 Å². The van der Waals surface area contributed by atoms with Crippen LogP contribution in [0.5, 0.6) is 0 Å². The van der Waals surface area contributed by atoms with Gasteiger partial charge in [-0.05, 0) is 111 Å². The van der Waals surface area contributed by atoms with E-state index in [0.29, 0.717) is 29.2 Å². The number of esters is 1. The van der Waals surface area contributed by atoms with Crippen LogP contribution in [0.3, 0.4) is 0 Å². The number of rotatable bonds is 7. The highest BCUT2D eigenvalue weighted by Gasteiger charge is 2.60. The van der Waals surface area contributed by atoms with E-state index in [4.69, 9.17) is 10.5 Å². The average Bonchev–Trinajstić information content (AvgIpc) is 3.13. The predicted octanol–water partition coefficient (Wildman–Crippen LogP) is 5.15. The maximum atomic E-state index is 11.7. The molecule has 4 aliphatic carbocycles. The van der Waals surface area contributed by atoms with Crippen LogP contribution in [0.2, 0.25) is 0 Å². The summed E-state index contributed by atoms with van der Waals surface area (Å²) >= 11 is 0. The van der Waals surface area contributed by atoms with Gasteiger partial charge in [0.2, 0.25) is 0 Å². The third-order valence-corrected chi connectivity index (χ3v) is 11.0. The van der Waals surface area contributed by atoms with Crippen LogP contribution in [-0.2, 0) is 9.53 Å². The second-order valence-electron chi connectivity index (χ2n) is 12.2. The molecule has 178 valence electrons. The number of hydrogen-bond donors (Lipinski definition) is 2. The van der Waals surface area contributed by atoms with Crippen molar-refractivity contribution in [3.8, 4) is 0 Å². The molecule has 0 aromatic heterocycles. The number of hydrogen-bond acceptors (Lipinski definition) is 4. The minimum absolute atomic E-state index is 0.0435. The van der Waals surface area contributed by atoms with Crippen molar-refractivity contribution in [3.63, 3.8) is 0 Å². The largest absolute Gasteiger partial charge is 0.469 e. The second kappa shape index (κ2) is 9.33. The molecule has 0 aromatic rings. The smallest absolute Gasteiger partial charge is 0.305 e. The van der Waals surface area contributed by atoms with Crippen molar-refractivity contribution in [2.45, 2.75) is 97.4 Å². The monoisotopic (exact) mass is 432 g/mol. The Bertz CT molecular complexity index is 639. The number of ether oxygens (including phenoxy) is 1. The highest BCUT2D eigenvalue weighted by atomic mass is 16.5. The van der Waals surface area contributed by atoms with Crippen LogP contribution in [0.1, 0.15) is 91.4 Å². The Kier molecular flexibility index (Phi) is 7.09. The lowest BCUT2D eigenvalue weighted by atomic mass is 9.44. The molecule has 31 heavy (non-hydrogen) atoms. The summed E-state index contributed by atoms with van der Waals surface area (Å²) in [6, 6.07) is 0.693. The Hall–Kier alpha value is -0.610. The molecule has 4 nitrogen and oxygen atoms in total. The van der Waals surface area contributed by atoms with Crippen molar-refractivity contribution in [3.05, 3.63) is 0 Å². The molecular formula is C27H48N2O2. The van der Waals surface area contributed by atoms with Crippen LogP contribution in [0.4, 0.5) is 0 Å². The minimum Gasteiger partial charge on any atom is -0.469 e. The molecule has 0 spiro atoms. The standard InChI is InChI=1S/C27H48N2O2/c1-18(5-10-25(30)31-4)22-8-9-23-21-7-6-19-17-20(29-16-15-28)11-13-26(19,2)24(21)12-14-27(22,23)3/h18-24,29H,5-17,28H2,1-4H3/t18?,19-,20-,21?,22?,23?,24?,26+,27?/m1/s1. The molecule has 0 heterocycles. The van der Waals surface area contributed by atoms with E-state index in [0.717, 1.165) is 49.1 Å². The average molecular weight is 433 g/mol. The van der Waals surface area contributed by atoms with E-state index in [1.54, 1.807) is 0 Å². The Morgan fingerprint density at radius 2 is 1.81 bits per heavy atom. The van der Waals surface area contributed by atoms with Crippen LogP contribution in [0.25, 0.3) is 0 Å². The van der Waals surface area contributed by atoms with Gasteiger partial charge in [-0.3, -0.25) is 4.79 Å². The summed E-state index contributed by atoms with van der Waals surface area (Å²) in [4.78, 5) is 11.7. The first-order valence-corrected chi connectivity index (χ1v) is 13.3. The van der Waals surface area contributed by atoms with Gasteiger partial charge in [0.25, 0.3) is 0 Å². The maximum absolute atomic E-state index is 11.7. The molecule has 0 aliphatic heterocycles. The SMILES string of the molecule is COC(=O)CCC(C)C1CCC2C3CC[C@@H]4C[C@H](NCCN)CC[C@]4(C)C3CCC12C. The van der Waals surface area contributed by atoms with Crippen molar-refractivity contribution in [2.75, 3.05) is 20.2 Å². The molecule has 0 amide bonds. The van der Waals surface area contributed by atoms with Crippen LogP contribution in [-0.4, -0.2) is 32.2 Å². The predicted molar refractivity (Wildman–Crippen MR) is 126 cm³/mol. The van der Waals surface area contributed by atoms with Crippen molar-refractivity contribution in [1.82, 2.24) is 5.32 Å². The van der Waals surface area contributed by atoms with Crippen LogP contribution in [0, 0.1) is 46.3 Å². The van der Waals surface area contributed by atoms with Crippen LogP contribution < -0.4 is 11.1 Å². The molecule has 0 saturated heterocycles. The lowest BCUT2D eigenvalue weighted by Gasteiger charge is -2.61.